The summed E-state index contributed by atoms with van der Waals surface area (Å²) in [6.07, 6.45) is -92.4. The van der Waals surface area contributed by atoms with Gasteiger partial charge in [-0.25, -0.2) is 0 Å². The number of carbonyl (C=O) groups is 6. The molecule has 50 atom stereocenters. The Bertz CT molecular complexity index is 3550. The first-order chi connectivity index (χ1) is 60.5. The van der Waals surface area contributed by atoms with Crippen LogP contribution < -0.4 is 31.9 Å². The molecule has 31 N–H and O–H groups in total. The summed E-state index contributed by atoms with van der Waals surface area (Å²) in [5.74, 6) is -5.53. The average molecular weight is 1870 g/mol. The zero-order valence-corrected chi connectivity index (χ0v) is 69.6. The zero-order chi connectivity index (χ0) is 94.4. The number of nitrogens with one attached hydrogen (secondary N) is 6. The van der Waals surface area contributed by atoms with E-state index in [1.165, 1.54) is 6.92 Å². The van der Waals surface area contributed by atoms with Crippen LogP contribution in [0.5, 0.6) is 0 Å². The smallest absolute Gasteiger partial charge is 0.217 e. The number of aliphatic hydroxyl groups is 25. The Hall–Kier alpha value is -4.94. The van der Waals surface area contributed by atoms with E-state index >= 15 is 0 Å². The van der Waals surface area contributed by atoms with Crippen molar-refractivity contribution in [2.45, 2.75) is 355 Å². The molecule has 10 rings (SSSR count). The van der Waals surface area contributed by atoms with Crippen LogP contribution in [0.15, 0.2) is 0 Å². The summed E-state index contributed by atoms with van der Waals surface area (Å²) in [7, 11) is 0. The molecule has 10 fully saturated rings. The van der Waals surface area contributed by atoms with Crippen LogP contribution in [0.25, 0.3) is 0 Å². The van der Waals surface area contributed by atoms with Gasteiger partial charge in [0, 0.05) is 41.5 Å². The number of aliphatic hydroxyl groups excluding tert-OH is 25. The third kappa shape index (κ3) is 23.8. The standard InChI is InChI=1S/C72H120N6O50/c1-17-39(92)51(104)53(106)69(112-17)110-16-32-59(48(101)33(63(109)113-32)73-18(2)86)124-67-37(77-22(6)90)50(103)57(29(13-84)118-67)125-70-55(108)60(44(97)31(121-70)15-111-71-61(52(105)43(96)27(11-82)117-71)127-66-36(76-21(5)89)47(100)42(95)26(10-81)116-66)126-72-62(54(107)58(30(14-85)120-72)123-65-35(75-20(4)88)46(99)41(94)25(9-80)115-65)128-68-38(78-23(7)91)49(102)56(28(12-83)119-68)122-64-34(74-19(3)87)45(98)40(93)24(8-79)114-64/h17,24-72,79-85,92-109H,8-16H2,1-7H3,(H,73,86)(H,74,87)(H,75,88)(H,76,89)(H,77,90)(H,78,91)/t17-,24-,25-,26-,27-,28-,29-,30-,31-,32-,33-,34-,35-,36-,37-,38-,39+,40+,41-,42-,43-,44-,45-,46-,47-,48-,49-,50-,51+,52+,53-,54+,55+,56-,57-,58-,59-,60+,61+,62+,63-,64+,65+,66+,67+,68+,69+,70+,71+,72-/m1/s1. The van der Waals surface area contributed by atoms with Crippen molar-refractivity contribution in [1.82, 2.24) is 31.9 Å². The van der Waals surface area contributed by atoms with E-state index < -0.39 is 402 Å². The lowest BCUT2D eigenvalue weighted by atomic mass is 9.93. The maximum Gasteiger partial charge on any atom is 0.217 e. The molecule has 56 heteroatoms. The molecule has 10 saturated heterocycles. The molecule has 0 aliphatic carbocycles. The second kappa shape index (κ2) is 46.1. The zero-order valence-electron chi connectivity index (χ0n) is 69.6. The molecule has 0 unspecified atom stereocenters. The van der Waals surface area contributed by atoms with Crippen molar-refractivity contribution < 1.29 is 246 Å². The van der Waals surface area contributed by atoms with Gasteiger partial charge in [-0.1, -0.05) is 0 Å². The third-order valence-electron chi connectivity index (χ3n) is 23.2. The summed E-state index contributed by atoms with van der Waals surface area (Å²) in [4.78, 5) is 77.1. The van der Waals surface area contributed by atoms with Gasteiger partial charge >= 0.3 is 0 Å². The highest BCUT2D eigenvalue weighted by atomic mass is 16.8. The van der Waals surface area contributed by atoms with Crippen LogP contribution in [0.3, 0.4) is 0 Å². The Balaban J connectivity index is 1.05. The first-order valence-electron chi connectivity index (χ1n) is 41.0. The molecule has 0 radical (unpaired) electrons. The molecule has 10 aliphatic rings. The molecular weight excluding hydrogens is 1750 g/mol. The van der Waals surface area contributed by atoms with E-state index in [0.29, 0.717) is 0 Å². The van der Waals surface area contributed by atoms with E-state index in [2.05, 4.69) is 31.9 Å². The molecule has 10 aliphatic heterocycles. The molecule has 10 heterocycles. The monoisotopic (exact) mass is 1870 g/mol. The summed E-state index contributed by atoms with van der Waals surface area (Å²) < 4.78 is 115. The number of carbonyl (C=O) groups excluding carboxylic acids is 6. The van der Waals surface area contributed by atoms with E-state index in [9.17, 15) is 156 Å². The van der Waals surface area contributed by atoms with Crippen LogP contribution in [0.1, 0.15) is 48.5 Å². The Kier molecular flexibility index (Phi) is 37.8. The van der Waals surface area contributed by atoms with Gasteiger partial charge in [-0.2, -0.15) is 0 Å². The van der Waals surface area contributed by atoms with Crippen molar-refractivity contribution in [1.29, 1.82) is 0 Å². The van der Waals surface area contributed by atoms with Crippen LogP contribution in [0, 0.1) is 0 Å². The van der Waals surface area contributed by atoms with Gasteiger partial charge in [0.15, 0.2) is 62.9 Å². The van der Waals surface area contributed by atoms with Crippen molar-refractivity contribution in [3.63, 3.8) is 0 Å². The quantitative estimate of drug-likeness (QED) is 0.0290. The van der Waals surface area contributed by atoms with Crippen molar-refractivity contribution >= 4 is 35.4 Å². The Morgan fingerprint density at radius 2 is 0.492 bits per heavy atom. The van der Waals surface area contributed by atoms with Crippen molar-refractivity contribution in [2.24, 2.45) is 0 Å². The molecule has 0 spiro atoms. The molecule has 0 saturated carbocycles. The van der Waals surface area contributed by atoms with Crippen LogP contribution in [-0.2, 0) is 119 Å². The van der Waals surface area contributed by atoms with Gasteiger partial charge < -0.3 is 250 Å². The summed E-state index contributed by atoms with van der Waals surface area (Å²) in [6.45, 7) is -3.17. The summed E-state index contributed by atoms with van der Waals surface area (Å²) in [5, 5.41) is 298. The second-order valence-electron chi connectivity index (χ2n) is 32.5. The molecule has 0 aromatic carbocycles. The molecule has 128 heavy (non-hydrogen) atoms. The molecular formula is C72H120N6O50. The lowest BCUT2D eigenvalue weighted by Gasteiger charge is -2.52. The van der Waals surface area contributed by atoms with Gasteiger partial charge in [0.2, 0.25) is 35.4 Å². The molecule has 738 valence electrons. The molecule has 56 nitrogen and oxygen atoms in total. The number of rotatable bonds is 33. The highest BCUT2D eigenvalue weighted by Gasteiger charge is 2.62. The number of hydrogen-bond acceptors (Lipinski definition) is 50. The van der Waals surface area contributed by atoms with Crippen molar-refractivity contribution in [3.05, 3.63) is 0 Å². The number of amides is 6. The molecule has 0 aromatic rings. The van der Waals surface area contributed by atoms with Crippen molar-refractivity contribution in [3.8, 4) is 0 Å². The predicted molar refractivity (Wildman–Crippen MR) is 398 cm³/mol. The second-order valence-corrected chi connectivity index (χ2v) is 32.5. The Morgan fingerprint density at radius 1 is 0.219 bits per heavy atom. The maximum atomic E-state index is 13.4. The normalized spacial score (nSPS) is 47.8. The minimum Gasteiger partial charge on any atom is -0.394 e. The van der Waals surface area contributed by atoms with Crippen LogP contribution in [0.2, 0.25) is 0 Å². The van der Waals surface area contributed by atoms with Gasteiger partial charge in [-0.3, -0.25) is 28.8 Å². The first kappa shape index (κ1) is 105. The number of hydrogen-bond donors (Lipinski definition) is 31. The summed E-state index contributed by atoms with van der Waals surface area (Å²) in [6, 6.07) is -11.3. The average Bonchev–Trinajstić information content (AvgIpc) is 0.718. The van der Waals surface area contributed by atoms with Crippen molar-refractivity contribution in [2.75, 3.05) is 59.5 Å². The predicted octanol–water partition coefficient (Wildman–Crippen LogP) is -20.9. The molecule has 6 amide bonds. The minimum absolute atomic E-state index is 0.850. The fraction of sp³-hybridized carbons (Fsp3) is 0.917. The first-order valence-corrected chi connectivity index (χ1v) is 41.0. The lowest BCUT2D eigenvalue weighted by Crippen LogP contribution is -2.71. The molecule has 0 bridgehead atoms. The minimum atomic E-state index is -2.70. The largest absolute Gasteiger partial charge is 0.394 e. The molecule has 0 aromatic heterocycles. The fourth-order valence-electron chi connectivity index (χ4n) is 16.6. The third-order valence-corrected chi connectivity index (χ3v) is 23.2. The highest BCUT2D eigenvalue weighted by molar-refractivity contribution is 5.75. The van der Waals surface area contributed by atoms with Crippen LogP contribution in [0.4, 0.5) is 0 Å². The number of ether oxygens (including phenoxy) is 19. The van der Waals surface area contributed by atoms with Gasteiger partial charge in [-0.15, -0.1) is 0 Å². The maximum absolute atomic E-state index is 13.4. The lowest BCUT2D eigenvalue weighted by molar-refractivity contribution is -0.404. The Labute approximate surface area is 726 Å². The SMILES string of the molecule is CC(=O)N[C@@H]1[C@@H](O)[C@H](O[C@@H]2O[C@H](CO)[C@@H](O[C@@H]3O[C@H](CO[C@H]4O[C@H](CO)[C@@H](O)[C@H](O)[C@@H]4O[C@@H]4O[C@H](CO)[C@@H](O)[C@H](O)[C@H]4NC(C)=O)[C@@H](O)[C@H](O[C@H]4O[C@H](CO)[C@@H](O[C@@H]5O[C@H](CO)[C@@H](O)[C@H](O)[C@H]5NC(C)=O)[C@H](O)[C@@H]4O[C@@H]4O[C@H](CO)[C@@H](O[C@@H]5O[C@H](CO)[C@H](O)[C@H](O)[C@H]5NC(C)=O)[C@H](O)[C@H]4NC(C)=O)[C@@H]3O)[C@H](O)[C@H]2NC(C)=O)[C@@H](CO[C@H]2O[C@H](C)[C@H](O)[C@H](O)[C@H]2O)O[C@H]1O. The van der Waals surface area contributed by atoms with E-state index in [4.69, 9.17) is 90.0 Å². The van der Waals surface area contributed by atoms with Gasteiger partial charge in [0.25, 0.3) is 0 Å². The van der Waals surface area contributed by atoms with E-state index in [1.807, 2.05) is 0 Å². The highest BCUT2D eigenvalue weighted by Crippen LogP contribution is 2.41. The van der Waals surface area contributed by atoms with Gasteiger partial charge in [0.05, 0.1) is 65.6 Å². The fourth-order valence-corrected chi connectivity index (χ4v) is 16.6. The van der Waals surface area contributed by atoms with E-state index in [-0.39, 0.29) is 0 Å². The van der Waals surface area contributed by atoms with E-state index in [0.717, 1.165) is 41.5 Å². The summed E-state index contributed by atoms with van der Waals surface area (Å²) in [5.41, 5.74) is 0. The summed E-state index contributed by atoms with van der Waals surface area (Å²) >= 11 is 0. The van der Waals surface area contributed by atoms with Crippen LogP contribution >= 0.6 is 0 Å². The van der Waals surface area contributed by atoms with Gasteiger partial charge in [-0.05, 0) is 6.92 Å². The van der Waals surface area contributed by atoms with Gasteiger partial charge in [0.1, 0.15) is 238 Å². The Morgan fingerprint density at radius 3 is 0.875 bits per heavy atom. The topological polar surface area (TPSA) is 856 Å². The van der Waals surface area contributed by atoms with Crippen LogP contribution in [-0.4, -0.2) is 529 Å². The van der Waals surface area contributed by atoms with E-state index in [1.54, 1.807) is 0 Å².